The highest BCUT2D eigenvalue weighted by atomic mass is 16.5. The Hall–Kier alpha value is -2.69. The van der Waals surface area contributed by atoms with Gasteiger partial charge in [0, 0.05) is 19.3 Å². The molecule has 0 aliphatic rings. The number of anilines is 1. The summed E-state index contributed by atoms with van der Waals surface area (Å²) in [5, 5.41) is 12.6. The van der Waals surface area contributed by atoms with Gasteiger partial charge in [-0.05, 0) is 42.3 Å². The van der Waals surface area contributed by atoms with Crippen LogP contribution in [0.25, 0.3) is 0 Å². The van der Waals surface area contributed by atoms with Crippen molar-refractivity contribution >= 4 is 11.7 Å². The number of phenolic OH excluding ortho intramolecular Hbond substituents is 1. The van der Waals surface area contributed by atoms with Crippen LogP contribution < -0.4 is 10.1 Å². The zero-order valence-corrected chi connectivity index (χ0v) is 13.0. The Morgan fingerprint density at radius 3 is 2.68 bits per heavy atom. The van der Waals surface area contributed by atoms with Crippen molar-refractivity contribution in [2.75, 3.05) is 19.5 Å². The molecule has 0 spiro atoms. The molecule has 2 amide bonds. The second-order valence-electron chi connectivity index (χ2n) is 5.16. The summed E-state index contributed by atoms with van der Waals surface area (Å²) in [4.78, 5) is 13.7. The van der Waals surface area contributed by atoms with Crippen LogP contribution in [0.1, 0.15) is 11.1 Å². The number of benzene rings is 2. The van der Waals surface area contributed by atoms with Crippen LogP contribution in [0.4, 0.5) is 10.5 Å². The Kier molecular flexibility index (Phi) is 4.88. The number of aromatic hydroxyl groups is 1. The minimum absolute atomic E-state index is 0.0625. The highest BCUT2D eigenvalue weighted by Crippen LogP contribution is 2.26. The van der Waals surface area contributed by atoms with Crippen molar-refractivity contribution in [3.63, 3.8) is 0 Å². The minimum atomic E-state index is -0.207. The Labute approximate surface area is 130 Å². The van der Waals surface area contributed by atoms with Crippen LogP contribution in [0, 0.1) is 6.92 Å². The maximum Gasteiger partial charge on any atom is 0.321 e. The summed E-state index contributed by atoms with van der Waals surface area (Å²) >= 11 is 0. The molecule has 2 rings (SSSR count). The number of aryl methyl sites for hydroxylation is 1. The molecule has 116 valence electrons. The Morgan fingerprint density at radius 1 is 1.27 bits per heavy atom. The number of rotatable bonds is 4. The molecular weight excluding hydrogens is 280 g/mol. The molecule has 2 N–H and O–H groups in total. The molecule has 5 heteroatoms. The van der Waals surface area contributed by atoms with Crippen molar-refractivity contribution in [3.8, 4) is 11.5 Å². The molecular formula is C17H20N2O3. The monoisotopic (exact) mass is 300 g/mol. The van der Waals surface area contributed by atoms with E-state index in [1.807, 2.05) is 37.3 Å². The number of carbonyl (C=O) groups excluding carboxylic acids is 1. The summed E-state index contributed by atoms with van der Waals surface area (Å²) in [6.45, 7) is 2.36. The number of carbonyl (C=O) groups is 1. The van der Waals surface area contributed by atoms with E-state index < -0.39 is 0 Å². The normalized spacial score (nSPS) is 10.1. The molecule has 0 saturated heterocycles. The van der Waals surface area contributed by atoms with Crippen LogP contribution in [0.5, 0.6) is 11.5 Å². The fourth-order valence-corrected chi connectivity index (χ4v) is 2.12. The van der Waals surface area contributed by atoms with Crippen LogP contribution in [-0.2, 0) is 6.54 Å². The topological polar surface area (TPSA) is 61.8 Å². The third kappa shape index (κ3) is 3.91. The first-order valence-electron chi connectivity index (χ1n) is 6.94. The Morgan fingerprint density at radius 2 is 2.05 bits per heavy atom. The number of amides is 2. The van der Waals surface area contributed by atoms with Crippen LogP contribution in [0.15, 0.2) is 42.5 Å². The van der Waals surface area contributed by atoms with Gasteiger partial charge in [-0.2, -0.15) is 0 Å². The molecule has 0 atom stereocenters. The molecule has 0 radical (unpaired) electrons. The fourth-order valence-electron chi connectivity index (χ4n) is 2.12. The molecule has 0 aliphatic carbocycles. The SMILES string of the molecule is COc1ccc(CN(C)C(=O)Nc2cccc(C)c2)cc1O. The van der Waals surface area contributed by atoms with E-state index in [1.165, 1.54) is 7.11 Å². The lowest BCUT2D eigenvalue weighted by Gasteiger charge is -2.18. The maximum atomic E-state index is 12.2. The first-order chi connectivity index (χ1) is 10.5. The molecule has 22 heavy (non-hydrogen) atoms. The minimum Gasteiger partial charge on any atom is -0.504 e. The van der Waals surface area contributed by atoms with Gasteiger partial charge in [-0.15, -0.1) is 0 Å². The van der Waals surface area contributed by atoms with Crippen molar-refractivity contribution in [1.29, 1.82) is 0 Å². The summed E-state index contributed by atoms with van der Waals surface area (Å²) < 4.78 is 5.00. The predicted octanol–water partition coefficient (Wildman–Crippen LogP) is 3.37. The van der Waals surface area contributed by atoms with E-state index in [0.717, 1.165) is 16.8 Å². The quantitative estimate of drug-likeness (QED) is 0.910. The molecule has 2 aromatic carbocycles. The van der Waals surface area contributed by atoms with Crippen LogP contribution >= 0.6 is 0 Å². The zero-order valence-electron chi connectivity index (χ0n) is 13.0. The van der Waals surface area contributed by atoms with E-state index in [2.05, 4.69) is 5.32 Å². The average Bonchev–Trinajstić information content (AvgIpc) is 2.47. The lowest BCUT2D eigenvalue weighted by atomic mass is 10.2. The van der Waals surface area contributed by atoms with Crippen LogP contribution in [-0.4, -0.2) is 30.2 Å². The molecule has 0 saturated carbocycles. The first kappa shape index (κ1) is 15.7. The molecule has 0 heterocycles. The van der Waals surface area contributed by atoms with E-state index in [4.69, 9.17) is 4.74 Å². The Balaban J connectivity index is 2.00. The summed E-state index contributed by atoms with van der Waals surface area (Å²) in [6.07, 6.45) is 0. The van der Waals surface area contributed by atoms with Crippen molar-refractivity contribution < 1.29 is 14.6 Å². The van der Waals surface area contributed by atoms with E-state index >= 15 is 0 Å². The van der Waals surface area contributed by atoms with Gasteiger partial charge >= 0.3 is 6.03 Å². The lowest BCUT2D eigenvalue weighted by molar-refractivity contribution is 0.220. The third-order valence-electron chi connectivity index (χ3n) is 3.28. The molecule has 0 aliphatic heterocycles. The van der Waals surface area contributed by atoms with E-state index in [-0.39, 0.29) is 11.8 Å². The molecule has 2 aromatic rings. The number of urea groups is 1. The van der Waals surface area contributed by atoms with E-state index in [0.29, 0.717) is 12.3 Å². The smallest absolute Gasteiger partial charge is 0.321 e. The lowest BCUT2D eigenvalue weighted by Crippen LogP contribution is -2.30. The first-order valence-corrected chi connectivity index (χ1v) is 6.94. The predicted molar refractivity (Wildman–Crippen MR) is 86.3 cm³/mol. The number of phenols is 1. The Bertz CT molecular complexity index is 671. The van der Waals surface area contributed by atoms with Gasteiger partial charge in [0.25, 0.3) is 0 Å². The highest BCUT2D eigenvalue weighted by Gasteiger charge is 2.11. The molecule has 0 unspecified atom stereocenters. The van der Waals surface area contributed by atoms with Crippen molar-refractivity contribution in [2.45, 2.75) is 13.5 Å². The number of ether oxygens (including phenoxy) is 1. The van der Waals surface area contributed by atoms with Gasteiger partial charge < -0.3 is 20.1 Å². The van der Waals surface area contributed by atoms with Crippen molar-refractivity contribution in [3.05, 3.63) is 53.6 Å². The van der Waals surface area contributed by atoms with Crippen LogP contribution in [0.2, 0.25) is 0 Å². The van der Waals surface area contributed by atoms with E-state index in [9.17, 15) is 9.90 Å². The van der Waals surface area contributed by atoms with E-state index in [1.54, 1.807) is 24.1 Å². The molecule has 5 nitrogen and oxygen atoms in total. The molecule has 0 bridgehead atoms. The van der Waals surface area contributed by atoms with Gasteiger partial charge in [0.2, 0.25) is 0 Å². The number of hydrogen-bond acceptors (Lipinski definition) is 3. The van der Waals surface area contributed by atoms with Gasteiger partial charge in [-0.3, -0.25) is 0 Å². The third-order valence-corrected chi connectivity index (χ3v) is 3.28. The summed E-state index contributed by atoms with van der Waals surface area (Å²) in [6, 6.07) is 12.5. The number of nitrogens with zero attached hydrogens (tertiary/aromatic N) is 1. The molecule has 0 aromatic heterocycles. The highest BCUT2D eigenvalue weighted by molar-refractivity contribution is 5.89. The number of nitrogens with one attached hydrogen (secondary N) is 1. The zero-order chi connectivity index (χ0) is 16.1. The van der Waals surface area contributed by atoms with Crippen LogP contribution in [0.3, 0.4) is 0 Å². The molecule has 0 fully saturated rings. The largest absolute Gasteiger partial charge is 0.504 e. The van der Waals surface area contributed by atoms with Crippen molar-refractivity contribution in [2.24, 2.45) is 0 Å². The van der Waals surface area contributed by atoms with Gasteiger partial charge in [-0.1, -0.05) is 18.2 Å². The second kappa shape index (κ2) is 6.85. The average molecular weight is 300 g/mol. The summed E-state index contributed by atoms with van der Waals surface area (Å²) in [5.41, 5.74) is 2.66. The van der Waals surface area contributed by atoms with Gasteiger partial charge in [0.05, 0.1) is 7.11 Å². The second-order valence-corrected chi connectivity index (χ2v) is 5.16. The summed E-state index contributed by atoms with van der Waals surface area (Å²) in [7, 11) is 3.20. The van der Waals surface area contributed by atoms with Crippen molar-refractivity contribution in [1.82, 2.24) is 4.90 Å². The van der Waals surface area contributed by atoms with Gasteiger partial charge in [0.15, 0.2) is 11.5 Å². The summed E-state index contributed by atoms with van der Waals surface area (Å²) in [5.74, 6) is 0.475. The van der Waals surface area contributed by atoms with Gasteiger partial charge in [-0.25, -0.2) is 4.79 Å². The number of methoxy groups -OCH3 is 1. The fraction of sp³-hybridized carbons (Fsp3) is 0.235. The standard InChI is InChI=1S/C17H20N2O3/c1-12-5-4-6-14(9-12)18-17(21)19(2)11-13-7-8-16(22-3)15(20)10-13/h4-10,20H,11H2,1-3H3,(H,18,21). The number of hydrogen-bond donors (Lipinski definition) is 2. The van der Waals surface area contributed by atoms with Gasteiger partial charge in [0.1, 0.15) is 0 Å². The maximum absolute atomic E-state index is 12.2.